The summed E-state index contributed by atoms with van der Waals surface area (Å²) < 4.78 is 0. The molecule has 2 atom stereocenters. The highest BCUT2D eigenvalue weighted by molar-refractivity contribution is 5.78. The molecule has 0 aromatic rings. The third-order valence-electron chi connectivity index (χ3n) is 2.46. The van der Waals surface area contributed by atoms with Crippen molar-refractivity contribution in [3.05, 3.63) is 0 Å². The maximum Gasteiger partial charge on any atom is 0.222 e. The van der Waals surface area contributed by atoms with Crippen LogP contribution in [0.25, 0.3) is 0 Å². The molecule has 0 N–H and O–H groups in total. The number of carbonyl (C=O) groups is 1. The van der Waals surface area contributed by atoms with Gasteiger partial charge in [0.2, 0.25) is 5.91 Å². The van der Waals surface area contributed by atoms with E-state index >= 15 is 0 Å². The Kier molecular flexibility index (Phi) is 1.97. The molecule has 1 heterocycles. The van der Waals surface area contributed by atoms with Gasteiger partial charge >= 0.3 is 0 Å². The van der Waals surface area contributed by atoms with Gasteiger partial charge < -0.3 is 4.90 Å². The van der Waals surface area contributed by atoms with E-state index in [1.807, 2.05) is 11.9 Å². The molecule has 1 fully saturated rings. The molecular formula is C8H15NO. The molecule has 1 rings (SSSR count). The average molecular weight is 141 g/mol. The van der Waals surface area contributed by atoms with E-state index in [1.54, 1.807) is 0 Å². The highest BCUT2D eigenvalue weighted by atomic mass is 16.2. The molecule has 0 unspecified atom stereocenters. The van der Waals surface area contributed by atoms with Crippen molar-refractivity contribution in [1.29, 1.82) is 0 Å². The van der Waals surface area contributed by atoms with Crippen LogP contribution in [-0.4, -0.2) is 23.9 Å². The number of carbonyl (C=O) groups excluding carboxylic acids is 1. The Labute approximate surface area is 62.2 Å². The van der Waals surface area contributed by atoms with Crippen LogP contribution >= 0.6 is 0 Å². The van der Waals surface area contributed by atoms with Crippen LogP contribution < -0.4 is 0 Å². The Bertz CT molecular complexity index is 144. The summed E-state index contributed by atoms with van der Waals surface area (Å²) in [6.07, 6.45) is 1.83. The molecule has 1 aliphatic heterocycles. The van der Waals surface area contributed by atoms with Crippen molar-refractivity contribution in [2.45, 2.75) is 32.7 Å². The molecule has 0 aromatic carbocycles. The number of hydrogen-bond donors (Lipinski definition) is 0. The summed E-state index contributed by atoms with van der Waals surface area (Å²) in [6.45, 7) is 4.28. The quantitative estimate of drug-likeness (QED) is 0.538. The summed E-state index contributed by atoms with van der Waals surface area (Å²) in [5.74, 6) is 0.863. The number of nitrogens with zero attached hydrogens (tertiary/aromatic N) is 1. The Morgan fingerprint density at radius 1 is 1.70 bits per heavy atom. The minimum Gasteiger partial charge on any atom is -0.342 e. The van der Waals surface area contributed by atoms with Crippen molar-refractivity contribution < 1.29 is 4.79 Å². The average Bonchev–Trinajstić information content (AvgIpc) is 2.09. The van der Waals surface area contributed by atoms with Crippen molar-refractivity contribution in [1.82, 2.24) is 4.90 Å². The highest BCUT2D eigenvalue weighted by Gasteiger charge is 2.32. The fraction of sp³-hybridized carbons (Fsp3) is 0.875. The van der Waals surface area contributed by atoms with Gasteiger partial charge in [0.1, 0.15) is 0 Å². The van der Waals surface area contributed by atoms with Crippen molar-refractivity contribution in [2.75, 3.05) is 7.05 Å². The van der Waals surface area contributed by atoms with E-state index in [4.69, 9.17) is 0 Å². The van der Waals surface area contributed by atoms with Crippen LogP contribution in [0.4, 0.5) is 0 Å². The Morgan fingerprint density at radius 2 is 2.30 bits per heavy atom. The minimum atomic E-state index is 0.305. The molecule has 0 aromatic heterocycles. The topological polar surface area (TPSA) is 20.3 Å². The summed E-state index contributed by atoms with van der Waals surface area (Å²) in [6, 6.07) is 0.493. The van der Waals surface area contributed by atoms with Crippen molar-refractivity contribution >= 4 is 5.91 Å². The second-order valence-electron chi connectivity index (χ2n) is 3.16. The van der Waals surface area contributed by atoms with Crippen LogP contribution in [0.2, 0.25) is 0 Å². The smallest absolute Gasteiger partial charge is 0.222 e. The maximum absolute atomic E-state index is 11.1. The van der Waals surface area contributed by atoms with Gasteiger partial charge in [-0.05, 0) is 12.3 Å². The third kappa shape index (κ3) is 1.02. The van der Waals surface area contributed by atoms with Gasteiger partial charge in [-0.25, -0.2) is 0 Å². The number of hydrogen-bond acceptors (Lipinski definition) is 1. The van der Waals surface area contributed by atoms with Gasteiger partial charge in [0.15, 0.2) is 0 Å². The zero-order chi connectivity index (χ0) is 7.72. The SMILES string of the molecule is CC[C@H]1[C@@H](C)CC(=O)N1C. The van der Waals surface area contributed by atoms with Crippen molar-refractivity contribution in [2.24, 2.45) is 5.92 Å². The summed E-state index contributed by atoms with van der Waals surface area (Å²) in [5.41, 5.74) is 0. The first-order chi connectivity index (χ1) is 4.66. The number of amides is 1. The summed E-state index contributed by atoms with van der Waals surface area (Å²) in [4.78, 5) is 13.0. The van der Waals surface area contributed by atoms with E-state index in [9.17, 15) is 4.79 Å². The largest absolute Gasteiger partial charge is 0.342 e. The highest BCUT2D eigenvalue weighted by Crippen LogP contribution is 2.25. The van der Waals surface area contributed by atoms with Crippen molar-refractivity contribution in [3.8, 4) is 0 Å². The van der Waals surface area contributed by atoms with Crippen LogP contribution in [0.15, 0.2) is 0 Å². The lowest BCUT2D eigenvalue weighted by atomic mass is 10.0. The first-order valence-corrected chi connectivity index (χ1v) is 3.92. The minimum absolute atomic E-state index is 0.305. The molecule has 1 amide bonds. The van der Waals surface area contributed by atoms with E-state index < -0.39 is 0 Å². The molecule has 0 spiro atoms. The summed E-state index contributed by atoms with van der Waals surface area (Å²) in [5, 5.41) is 0. The van der Waals surface area contributed by atoms with Crippen LogP contribution in [0, 0.1) is 5.92 Å². The molecule has 58 valence electrons. The fourth-order valence-electron chi connectivity index (χ4n) is 1.80. The van der Waals surface area contributed by atoms with E-state index in [1.165, 1.54) is 0 Å². The maximum atomic E-state index is 11.1. The van der Waals surface area contributed by atoms with Crippen LogP contribution in [0.1, 0.15) is 26.7 Å². The summed E-state index contributed by atoms with van der Waals surface area (Å²) in [7, 11) is 1.90. The van der Waals surface area contributed by atoms with Crippen molar-refractivity contribution in [3.63, 3.8) is 0 Å². The van der Waals surface area contributed by atoms with E-state index in [0.29, 0.717) is 17.9 Å². The van der Waals surface area contributed by atoms with Gasteiger partial charge in [-0.1, -0.05) is 13.8 Å². The van der Waals surface area contributed by atoms with Gasteiger partial charge in [-0.2, -0.15) is 0 Å². The standard InChI is InChI=1S/C8H15NO/c1-4-7-6(2)5-8(10)9(7)3/h6-7H,4-5H2,1-3H3/t6-,7-/m0/s1. The molecule has 1 aliphatic rings. The van der Waals surface area contributed by atoms with E-state index in [0.717, 1.165) is 12.8 Å². The second kappa shape index (κ2) is 2.60. The summed E-state index contributed by atoms with van der Waals surface area (Å²) >= 11 is 0. The third-order valence-corrected chi connectivity index (χ3v) is 2.46. The lowest BCUT2D eigenvalue weighted by Crippen LogP contribution is -2.30. The van der Waals surface area contributed by atoms with Crippen LogP contribution in [0.3, 0.4) is 0 Å². The van der Waals surface area contributed by atoms with Gasteiger partial charge in [0.05, 0.1) is 0 Å². The molecule has 0 bridgehead atoms. The fourth-order valence-corrected chi connectivity index (χ4v) is 1.80. The molecule has 0 radical (unpaired) electrons. The lowest BCUT2D eigenvalue weighted by Gasteiger charge is -2.20. The lowest BCUT2D eigenvalue weighted by molar-refractivity contribution is -0.127. The number of likely N-dealkylation sites (tertiary alicyclic amines) is 1. The normalized spacial score (nSPS) is 33.5. The zero-order valence-corrected chi connectivity index (χ0v) is 6.92. The molecule has 0 aliphatic carbocycles. The molecule has 2 heteroatoms. The molecule has 0 saturated carbocycles. The number of rotatable bonds is 1. The zero-order valence-electron chi connectivity index (χ0n) is 6.92. The van der Waals surface area contributed by atoms with E-state index in [2.05, 4.69) is 13.8 Å². The van der Waals surface area contributed by atoms with Gasteiger partial charge in [0, 0.05) is 19.5 Å². The molecule has 1 saturated heterocycles. The molecule has 10 heavy (non-hydrogen) atoms. The predicted octanol–water partition coefficient (Wildman–Crippen LogP) is 1.26. The monoisotopic (exact) mass is 141 g/mol. The molecular weight excluding hydrogens is 126 g/mol. The van der Waals surface area contributed by atoms with Gasteiger partial charge in [-0.15, -0.1) is 0 Å². The Morgan fingerprint density at radius 3 is 2.50 bits per heavy atom. The van der Waals surface area contributed by atoms with E-state index in [-0.39, 0.29) is 0 Å². The second-order valence-corrected chi connectivity index (χ2v) is 3.16. The van der Waals surface area contributed by atoms with Gasteiger partial charge in [0.25, 0.3) is 0 Å². The first kappa shape index (κ1) is 7.58. The van der Waals surface area contributed by atoms with Crippen LogP contribution in [-0.2, 0) is 4.79 Å². The predicted molar refractivity (Wildman–Crippen MR) is 40.6 cm³/mol. The Balaban J connectivity index is 2.64. The Hall–Kier alpha value is -0.530. The first-order valence-electron chi connectivity index (χ1n) is 3.92. The van der Waals surface area contributed by atoms with Crippen LogP contribution in [0.5, 0.6) is 0 Å². The van der Waals surface area contributed by atoms with Gasteiger partial charge in [-0.3, -0.25) is 4.79 Å². The molecule has 2 nitrogen and oxygen atoms in total.